The van der Waals surface area contributed by atoms with Crippen LogP contribution in [0.4, 0.5) is 0 Å². The number of allylic oxidation sites excluding steroid dienone is 22. The maximum Gasteiger partial charge on any atom is 0.217 e. The SMILES string of the molecule is C.C.C1=CCC=C1.CC(=O)[C@@]12C=CC(=O)C1C1C=CC2C1.O.O.O=C1C2=C(O2)C(=O)[C@H]2C3C=CC(C3)[C@@H]12.O=C1C=CC(=O)C=C1.O=C1C=CC(=O)[C@H]2C3C=CC(C3)[C@@H]12.OC[C@@]12C=C[C@H](O)C1C1C=CC2C1. The van der Waals surface area contributed by atoms with Crippen LogP contribution in [0.5, 0.6) is 0 Å². The van der Waals surface area contributed by atoms with Crippen LogP contribution in [-0.4, -0.2) is 80.1 Å². The van der Waals surface area contributed by atoms with E-state index in [0.29, 0.717) is 52.9 Å². The van der Waals surface area contributed by atoms with Crippen molar-refractivity contribution in [2.24, 2.45) is 93.7 Å². The third-order valence-electron chi connectivity index (χ3n) is 17.1. The zero-order valence-corrected chi connectivity index (χ0v) is 38.2. The lowest BCUT2D eigenvalue weighted by Gasteiger charge is -2.35. The molecule has 8 bridgehead atoms. The average Bonchev–Trinajstić information content (AvgIpc) is 4.17. The molecule has 0 saturated heterocycles. The van der Waals surface area contributed by atoms with Gasteiger partial charge in [-0.3, -0.25) is 38.4 Å². The number of Topliss-reactive ketones (excluding diaryl/α,β-unsaturated/α-hetero) is 3. The van der Waals surface area contributed by atoms with E-state index in [-0.39, 0.29) is 132 Å². The molecule has 0 aromatic carbocycles. The number of fused-ring (bicyclic) bond motifs is 20. The Kier molecular flexibility index (Phi) is 16.0. The first-order valence-corrected chi connectivity index (χ1v) is 23.7. The van der Waals surface area contributed by atoms with Crippen LogP contribution in [0.25, 0.3) is 0 Å². The Morgan fingerprint density at radius 2 is 1.03 bits per heavy atom. The van der Waals surface area contributed by atoms with E-state index >= 15 is 0 Å². The fourth-order valence-corrected chi connectivity index (χ4v) is 14.1. The molecule has 0 spiro atoms. The average molecular weight is 971 g/mol. The van der Waals surface area contributed by atoms with Gasteiger partial charge in [-0.2, -0.15) is 0 Å². The monoisotopic (exact) mass is 970 g/mol. The first-order valence-electron chi connectivity index (χ1n) is 23.7. The molecule has 4 fully saturated rings. The standard InChI is InChI=1S/C12H12O2.C11H8O3.C11H14O2.C11H10O2.C6H4O2.C5H6.2CH4.2H2O/c1-7(13)12-5-4-10(14)11(12)8-2-3-9(12)6-8;12-8-6-4-1-2-5(3-4)7(6)9(13)11-10(8)14-11;12-6-11-4-3-9(13)10(11)7-1-2-8(11)5-7;12-8-3-4-9(13)11-7-2-1-6(5-7)10(8)11;7-5-1-2-6(8)4-3-5;1-2-4-5-3-1;;;;/h2-5,8-9,11H,6H2,1H3;1-2,4-7H,3H2;1-4,7-10,12-13H,5-6H2;1-4,6-7,10-11H,5H2;1-4H;1-4H,5H2;2*1H4;2*1H2/t8?,9?,11?,12-;4?,5?,6-,7+;7?,8?,9-,10?,11+;6?,7?,10-,11+;;;;;;/m1.0......./s1. The largest absolute Gasteiger partial charge is 0.442 e. The quantitative estimate of drug-likeness (QED) is 0.256. The number of carbonyl (C=O) groups excluding carboxylic acids is 8. The molecule has 4 saturated carbocycles. The highest BCUT2D eigenvalue weighted by molar-refractivity contribution is 6.17. The first-order chi connectivity index (χ1) is 32.3. The van der Waals surface area contributed by atoms with Crippen molar-refractivity contribution < 1.29 is 64.3 Å². The summed E-state index contributed by atoms with van der Waals surface area (Å²) in [6, 6.07) is 0. The molecule has 1 heterocycles. The summed E-state index contributed by atoms with van der Waals surface area (Å²) in [5, 5.41) is 19.3. The molecule has 0 aromatic rings. The van der Waals surface area contributed by atoms with E-state index in [0.717, 1.165) is 32.1 Å². The lowest BCUT2D eigenvalue weighted by atomic mass is 9.68. The lowest BCUT2D eigenvalue weighted by molar-refractivity contribution is -0.132. The fraction of sp³-hybridized carbons (Fsp3) is 0.448. The molecule has 0 radical (unpaired) electrons. The number of rotatable bonds is 2. The van der Waals surface area contributed by atoms with Gasteiger partial charge in [0.05, 0.1) is 18.1 Å². The third-order valence-corrected chi connectivity index (χ3v) is 17.1. The molecule has 14 aliphatic carbocycles. The Morgan fingerprint density at radius 1 is 0.563 bits per heavy atom. The van der Waals surface area contributed by atoms with Crippen molar-refractivity contribution in [3.8, 4) is 0 Å². The van der Waals surface area contributed by atoms with Gasteiger partial charge in [-0.05, 0) is 129 Å². The maximum absolute atomic E-state index is 11.8. The molecule has 10 unspecified atom stereocenters. The predicted molar refractivity (Wildman–Crippen MR) is 265 cm³/mol. The summed E-state index contributed by atoms with van der Waals surface area (Å²) < 4.78 is 4.97. The Hall–Kier alpha value is -6.12. The Balaban J connectivity index is 0.000000141. The van der Waals surface area contributed by atoms with Crippen molar-refractivity contribution in [2.75, 3.05) is 6.61 Å². The van der Waals surface area contributed by atoms with E-state index in [1.54, 1.807) is 13.0 Å². The van der Waals surface area contributed by atoms with E-state index in [9.17, 15) is 48.6 Å². The van der Waals surface area contributed by atoms with Gasteiger partial charge in [0.2, 0.25) is 23.1 Å². The number of hydrogen-bond acceptors (Lipinski definition) is 11. The Morgan fingerprint density at radius 3 is 1.48 bits per heavy atom. The second-order valence-electron chi connectivity index (χ2n) is 20.3. The molecular weight excluding hydrogens is 905 g/mol. The van der Waals surface area contributed by atoms with Gasteiger partial charge in [-0.1, -0.05) is 106 Å². The molecule has 1 aliphatic heterocycles. The predicted octanol–water partition coefficient (Wildman–Crippen LogP) is 5.57. The lowest BCUT2D eigenvalue weighted by Crippen LogP contribution is -2.38. The van der Waals surface area contributed by atoms with Gasteiger partial charge in [-0.15, -0.1) is 0 Å². The van der Waals surface area contributed by atoms with Crippen LogP contribution in [0.3, 0.4) is 0 Å². The molecule has 0 amide bonds. The second kappa shape index (κ2) is 20.9. The molecule has 15 rings (SSSR count). The highest BCUT2D eigenvalue weighted by Gasteiger charge is 2.63. The minimum absolute atomic E-state index is 0. The summed E-state index contributed by atoms with van der Waals surface area (Å²) in [5.74, 6) is 3.97. The normalized spacial score (nSPS) is 40.4. The number of hydrogen-bond donors (Lipinski definition) is 2. The zero-order chi connectivity index (χ0) is 46.9. The van der Waals surface area contributed by atoms with Crippen LogP contribution in [-0.2, 0) is 43.1 Å². The Labute approximate surface area is 414 Å². The number of aliphatic hydroxyl groups excluding tert-OH is 2. The Bertz CT molecular complexity index is 2510. The minimum Gasteiger partial charge on any atom is -0.442 e. The number of ketones is 8. The molecule has 13 nitrogen and oxygen atoms in total. The van der Waals surface area contributed by atoms with Crippen LogP contribution >= 0.6 is 0 Å². The van der Waals surface area contributed by atoms with Crippen LogP contribution in [0.15, 0.2) is 145 Å². The van der Waals surface area contributed by atoms with E-state index in [1.165, 1.54) is 36.5 Å². The molecule has 376 valence electrons. The molecule has 17 atom stereocenters. The van der Waals surface area contributed by atoms with Crippen molar-refractivity contribution >= 4 is 46.3 Å². The van der Waals surface area contributed by atoms with Crippen molar-refractivity contribution in [3.05, 3.63) is 145 Å². The maximum atomic E-state index is 11.8. The molecule has 71 heavy (non-hydrogen) atoms. The van der Waals surface area contributed by atoms with Gasteiger partial charge in [0.1, 0.15) is 5.78 Å². The summed E-state index contributed by atoms with van der Waals surface area (Å²) in [5.41, 5.74) is -0.588. The first kappa shape index (κ1) is 54.2. The minimum atomic E-state index is -0.462. The number of carbonyl (C=O) groups is 8. The van der Waals surface area contributed by atoms with Gasteiger partial charge >= 0.3 is 0 Å². The summed E-state index contributed by atoms with van der Waals surface area (Å²) in [6.07, 6.45) is 45.6. The summed E-state index contributed by atoms with van der Waals surface area (Å²) in [7, 11) is 0. The second-order valence-corrected chi connectivity index (χ2v) is 20.3. The summed E-state index contributed by atoms with van der Waals surface area (Å²) in [6.45, 7) is 1.79. The number of ether oxygens (including phenoxy) is 1. The zero-order valence-electron chi connectivity index (χ0n) is 38.2. The van der Waals surface area contributed by atoms with Gasteiger partial charge < -0.3 is 25.9 Å². The van der Waals surface area contributed by atoms with Crippen LogP contribution in [0.2, 0.25) is 0 Å². The van der Waals surface area contributed by atoms with Crippen LogP contribution in [0, 0.1) is 93.7 Å². The molecule has 15 aliphatic rings. The van der Waals surface area contributed by atoms with Crippen molar-refractivity contribution in [1.82, 2.24) is 0 Å². The number of aliphatic hydroxyl groups is 2. The van der Waals surface area contributed by atoms with Gasteiger partial charge in [0.15, 0.2) is 28.9 Å². The van der Waals surface area contributed by atoms with Crippen LogP contribution in [0.1, 0.15) is 53.9 Å². The topological polar surface area (TPSA) is 253 Å². The van der Waals surface area contributed by atoms with Crippen molar-refractivity contribution in [2.45, 2.75) is 60.0 Å². The van der Waals surface area contributed by atoms with Crippen LogP contribution < -0.4 is 0 Å². The highest BCUT2D eigenvalue weighted by Crippen LogP contribution is 2.62. The van der Waals surface area contributed by atoms with Crippen molar-refractivity contribution in [3.63, 3.8) is 0 Å². The highest BCUT2D eigenvalue weighted by atomic mass is 16.6. The van der Waals surface area contributed by atoms with Gasteiger partial charge in [0, 0.05) is 40.9 Å². The smallest absolute Gasteiger partial charge is 0.217 e. The van der Waals surface area contributed by atoms with Gasteiger partial charge in [0.25, 0.3) is 0 Å². The molecule has 13 heteroatoms. The fourth-order valence-electron chi connectivity index (χ4n) is 14.1. The van der Waals surface area contributed by atoms with Gasteiger partial charge in [-0.25, -0.2) is 0 Å². The summed E-state index contributed by atoms with van der Waals surface area (Å²) in [4.78, 5) is 90.7. The van der Waals surface area contributed by atoms with Crippen molar-refractivity contribution in [1.29, 1.82) is 0 Å². The molecule has 6 N–H and O–H groups in total. The third kappa shape index (κ3) is 9.00. The van der Waals surface area contributed by atoms with E-state index in [1.807, 2.05) is 18.2 Å². The molecule has 0 aromatic heterocycles. The molecular formula is C58H66O13. The van der Waals surface area contributed by atoms with E-state index in [2.05, 4.69) is 72.9 Å². The van der Waals surface area contributed by atoms with E-state index in [4.69, 9.17) is 4.74 Å². The van der Waals surface area contributed by atoms with E-state index < -0.39 is 5.41 Å². The summed E-state index contributed by atoms with van der Waals surface area (Å²) >= 11 is 0.